The first kappa shape index (κ1) is 21.6. The summed E-state index contributed by atoms with van der Waals surface area (Å²) in [5, 5.41) is 11.4. The number of rotatable bonds is 3. The summed E-state index contributed by atoms with van der Waals surface area (Å²) in [6.07, 6.45) is 2.17. The van der Waals surface area contributed by atoms with Crippen molar-refractivity contribution in [1.29, 1.82) is 0 Å². The predicted molar refractivity (Wildman–Crippen MR) is 143 cm³/mol. The summed E-state index contributed by atoms with van der Waals surface area (Å²) in [6.45, 7) is 6.09. The van der Waals surface area contributed by atoms with Gasteiger partial charge in [-0.05, 0) is 29.0 Å². The molecule has 0 bridgehead atoms. The summed E-state index contributed by atoms with van der Waals surface area (Å²) in [5.41, 5.74) is 7.94. The van der Waals surface area contributed by atoms with Gasteiger partial charge in [-0.15, -0.1) is 10.2 Å². The van der Waals surface area contributed by atoms with Crippen molar-refractivity contribution in [2.24, 2.45) is 0 Å². The zero-order valence-electron chi connectivity index (χ0n) is 19.7. The maximum absolute atomic E-state index is 4.55. The Kier molecular flexibility index (Phi) is 5.92. The van der Waals surface area contributed by atoms with Crippen LogP contribution in [0.25, 0.3) is 50.1 Å². The first-order chi connectivity index (χ1) is 16.8. The molecular weight excluding hydrogens is 414 g/mol. The highest BCUT2D eigenvalue weighted by Crippen LogP contribution is 2.34. The number of pyridine rings is 1. The quantitative estimate of drug-likeness (QED) is 0.277. The number of hydrogen-bond donors (Lipinski definition) is 0. The maximum atomic E-state index is 4.55. The lowest BCUT2D eigenvalue weighted by atomic mass is 9.97. The Morgan fingerprint density at radius 2 is 1.09 bits per heavy atom. The fourth-order valence-electron chi connectivity index (χ4n) is 4.31. The molecule has 0 aliphatic heterocycles. The molecule has 0 amide bonds. The maximum Gasteiger partial charge on any atom is 0.169 e. The monoisotopic (exact) mass is 441 g/mol. The van der Waals surface area contributed by atoms with E-state index in [1.165, 1.54) is 33.2 Å². The molecule has 0 spiro atoms. The Balaban J connectivity index is 0.00000117. The Morgan fingerprint density at radius 1 is 0.529 bits per heavy atom. The third kappa shape index (κ3) is 3.86. The second kappa shape index (κ2) is 9.32. The highest BCUT2D eigenvalue weighted by atomic mass is 15.2. The fourth-order valence-corrected chi connectivity index (χ4v) is 4.31. The van der Waals surface area contributed by atoms with Crippen LogP contribution < -0.4 is 0 Å². The Bertz CT molecular complexity index is 1540. The van der Waals surface area contributed by atoms with E-state index < -0.39 is 0 Å². The van der Waals surface area contributed by atoms with Crippen molar-refractivity contribution in [3.05, 3.63) is 115 Å². The summed E-state index contributed by atoms with van der Waals surface area (Å²) in [6, 6.07) is 36.1. The molecule has 0 radical (unpaired) electrons. The van der Waals surface area contributed by atoms with Crippen LogP contribution in [0.5, 0.6) is 0 Å². The molecule has 4 aromatic carbocycles. The number of nitrogens with zero attached hydrogens (tertiary/aromatic N) is 3. The fraction of sp³-hybridized carbons (Fsp3) is 0.0968. The predicted octanol–water partition coefficient (Wildman–Crippen LogP) is 8.22. The molecule has 166 valence electrons. The van der Waals surface area contributed by atoms with Crippen LogP contribution in [0.3, 0.4) is 0 Å². The molecule has 0 N–H and O–H groups in total. The van der Waals surface area contributed by atoms with Crippen LogP contribution in [0.15, 0.2) is 109 Å². The molecule has 6 aromatic rings. The molecular formula is C31H27N3. The zero-order chi connectivity index (χ0) is 23.5. The number of aromatic nitrogens is 3. The van der Waals surface area contributed by atoms with Crippen LogP contribution in [-0.4, -0.2) is 14.6 Å². The van der Waals surface area contributed by atoms with Crippen molar-refractivity contribution in [1.82, 2.24) is 14.6 Å². The van der Waals surface area contributed by atoms with Crippen LogP contribution in [-0.2, 0) is 0 Å². The highest BCUT2D eigenvalue weighted by Gasteiger charge is 2.15. The molecule has 34 heavy (non-hydrogen) atoms. The summed E-state index contributed by atoms with van der Waals surface area (Å²) in [5.74, 6) is 0.855. The van der Waals surface area contributed by atoms with E-state index >= 15 is 0 Å². The Hall–Kier alpha value is -4.24. The molecule has 2 heterocycles. The van der Waals surface area contributed by atoms with Gasteiger partial charge in [0.15, 0.2) is 11.5 Å². The van der Waals surface area contributed by atoms with Gasteiger partial charge in [-0.3, -0.25) is 4.40 Å². The average Bonchev–Trinajstić information content (AvgIpc) is 3.35. The first-order valence-corrected chi connectivity index (χ1v) is 11.8. The number of aryl methyl sites for hydroxylation is 1. The Morgan fingerprint density at radius 3 is 1.79 bits per heavy atom. The largest absolute Gasteiger partial charge is 0.281 e. The molecule has 3 heteroatoms. The molecule has 0 aliphatic rings. The van der Waals surface area contributed by atoms with Crippen LogP contribution in [0.2, 0.25) is 0 Å². The van der Waals surface area contributed by atoms with E-state index in [0.29, 0.717) is 0 Å². The second-order valence-corrected chi connectivity index (χ2v) is 8.11. The van der Waals surface area contributed by atoms with E-state index in [-0.39, 0.29) is 0 Å². The van der Waals surface area contributed by atoms with Gasteiger partial charge in [-0.25, -0.2) is 0 Å². The van der Waals surface area contributed by atoms with Gasteiger partial charge in [0.25, 0.3) is 0 Å². The Labute approximate surface area is 200 Å². The van der Waals surface area contributed by atoms with Crippen LogP contribution in [0.4, 0.5) is 0 Å². The number of fused-ring (bicyclic) bond motifs is 3. The van der Waals surface area contributed by atoms with Crippen LogP contribution in [0, 0.1) is 6.92 Å². The van der Waals surface area contributed by atoms with Crippen molar-refractivity contribution in [2.45, 2.75) is 20.8 Å². The normalized spacial score (nSPS) is 10.8. The third-order valence-corrected chi connectivity index (χ3v) is 6.02. The zero-order valence-corrected chi connectivity index (χ0v) is 19.7. The topological polar surface area (TPSA) is 30.2 Å². The van der Waals surface area contributed by atoms with Gasteiger partial charge in [-0.2, -0.15) is 0 Å². The molecule has 0 unspecified atom stereocenters. The summed E-state index contributed by atoms with van der Waals surface area (Å²) >= 11 is 0. The number of benzene rings is 4. The summed E-state index contributed by atoms with van der Waals surface area (Å²) in [7, 11) is 0. The number of hydrogen-bond acceptors (Lipinski definition) is 2. The minimum absolute atomic E-state index is 0.855. The van der Waals surface area contributed by atoms with Gasteiger partial charge in [0, 0.05) is 22.7 Å². The average molecular weight is 442 g/mol. The molecule has 0 saturated carbocycles. The van der Waals surface area contributed by atoms with E-state index in [4.69, 9.17) is 0 Å². The smallest absolute Gasteiger partial charge is 0.169 e. The van der Waals surface area contributed by atoms with Gasteiger partial charge in [0.05, 0.1) is 0 Å². The van der Waals surface area contributed by atoms with Gasteiger partial charge in [0.2, 0.25) is 0 Å². The van der Waals surface area contributed by atoms with E-state index in [0.717, 1.165) is 22.4 Å². The minimum atomic E-state index is 0.855. The van der Waals surface area contributed by atoms with Crippen LogP contribution in [0.1, 0.15) is 19.4 Å². The second-order valence-electron chi connectivity index (χ2n) is 8.11. The molecule has 0 fully saturated rings. The summed E-state index contributed by atoms with van der Waals surface area (Å²) < 4.78 is 2.12. The molecule has 0 saturated heterocycles. The van der Waals surface area contributed by atoms with Crippen molar-refractivity contribution < 1.29 is 0 Å². The van der Waals surface area contributed by atoms with Crippen molar-refractivity contribution in [2.75, 3.05) is 0 Å². The molecule has 3 nitrogen and oxygen atoms in total. The molecule has 2 aromatic heterocycles. The van der Waals surface area contributed by atoms with E-state index in [9.17, 15) is 0 Å². The van der Waals surface area contributed by atoms with E-state index in [1.807, 2.05) is 19.9 Å². The van der Waals surface area contributed by atoms with Gasteiger partial charge < -0.3 is 0 Å². The van der Waals surface area contributed by atoms with Crippen molar-refractivity contribution in [3.63, 3.8) is 0 Å². The lowest BCUT2D eigenvalue weighted by molar-refractivity contribution is 1.11. The van der Waals surface area contributed by atoms with Gasteiger partial charge >= 0.3 is 0 Å². The lowest BCUT2D eigenvalue weighted by Gasteiger charge is -2.11. The minimum Gasteiger partial charge on any atom is -0.281 e. The van der Waals surface area contributed by atoms with Gasteiger partial charge in [0.1, 0.15) is 0 Å². The SMILES string of the molecule is CC.Cc1ccc(-c2nnc3c4ccccc4c(-c4ccc(-c5ccccc5)cc4)cn23)cc1. The lowest BCUT2D eigenvalue weighted by Crippen LogP contribution is -1.93. The highest BCUT2D eigenvalue weighted by molar-refractivity contribution is 6.03. The molecule has 0 atom stereocenters. The molecule has 6 rings (SSSR count). The van der Waals surface area contributed by atoms with Crippen molar-refractivity contribution in [3.8, 4) is 33.6 Å². The van der Waals surface area contributed by atoms with Crippen LogP contribution >= 0.6 is 0 Å². The van der Waals surface area contributed by atoms with E-state index in [1.54, 1.807) is 0 Å². The van der Waals surface area contributed by atoms with Gasteiger partial charge in [-0.1, -0.05) is 123 Å². The van der Waals surface area contributed by atoms with Crippen molar-refractivity contribution >= 4 is 16.4 Å². The standard InChI is InChI=1S/C29H21N3.C2H6/c1-20-11-13-24(14-12-20)28-30-31-29-26-10-6-5-9-25(26)27(19-32(28)29)23-17-15-22(16-18-23)21-7-3-2-4-8-21;1-2/h2-19H,1H3;1-2H3. The first-order valence-electron chi connectivity index (χ1n) is 11.8. The molecule has 0 aliphatic carbocycles. The summed E-state index contributed by atoms with van der Waals surface area (Å²) in [4.78, 5) is 0. The third-order valence-electron chi connectivity index (χ3n) is 6.02. The van der Waals surface area contributed by atoms with E-state index in [2.05, 4.69) is 125 Å².